The average Bonchev–Trinajstić information content (AvgIpc) is 3.00. The van der Waals surface area contributed by atoms with Gasteiger partial charge in [0, 0.05) is 11.3 Å². The Bertz CT molecular complexity index is 902. The first-order chi connectivity index (χ1) is 12.5. The van der Waals surface area contributed by atoms with Gasteiger partial charge in [-0.25, -0.2) is 0 Å². The Labute approximate surface area is 150 Å². The molecule has 3 amide bonds. The minimum absolute atomic E-state index is 0.0168. The van der Waals surface area contributed by atoms with Crippen molar-refractivity contribution >= 4 is 29.5 Å². The number of imide groups is 1. The van der Waals surface area contributed by atoms with Gasteiger partial charge >= 0.3 is 0 Å². The van der Waals surface area contributed by atoms with Crippen LogP contribution in [0.4, 0.5) is 0 Å². The molecule has 0 aliphatic carbocycles. The Morgan fingerprint density at radius 3 is 2.23 bits per heavy atom. The van der Waals surface area contributed by atoms with E-state index in [2.05, 4.69) is 10.4 Å². The van der Waals surface area contributed by atoms with E-state index in [1.54, 1.807) is 49.4 Å². The molecular weight excluding hydrogens is 330 g/mol. The van der Waals surface area contributed by atoms with Crippen molar-refractivity contribution in [3.8, 4) is 0 Å². The van der Waals surface area contributed by atoms with Gasteiger partial charge in [0.25, 0.3) is 17.7 Å². The highest BCUT2D eigenvalue weighted by Gasteiger charge is 2.30. The number of nitrogens with one attached hydrogen (secondary N) is 1. The zero-order valence-electron chi connectivity index (χ0n) is 14.2. The van der Waals surface area contributed by atoms with Crippen molar-refractivity contribution in [3.63, 3.8) is 0 Å². The second-order valence-corrected chi connectivity index (χ2v) is 5.81. The van der Waals surface area contributed by atoms with Crippen molar-refractivity contribution in [2.75, 3.05) is 0 Å². The molecule has 2 aromatic carbocycles. The van der Waals surface area contributed by atoms with Gasteiger partial charge in [0.15, 0.2) is 0 Å². The minimum Gasteiger partial charge on any atom is -0.317 e. The van der Waals surface area contributed by atoms with E-state index in [1.807, 2.05) is 18.2 Å². The molecule has 0 saturated heterocycles. The predicted octanol–water partition coefficient (Wildman–Crippen LogP) is 2.59. The molecule has 0 radical (unpaired) electrons. The van der Waals surface area contributed by atoms with Crippen LogP contribution in [-0.2, 0) is 9.59 Å². The van der Waals surface area contributed by atoms with Crippen molar-refractivity contribution in [2.24, 2.45) is 5.10 Å². The van der Waals surface area contributed by atoms with Gasteiger partial charge in [-0.3, -0.25) is 14.4 Å². The van der Waals surface area contributed by atoms with Crippen LogP contribution in [0.1, 0.15) is 29.3 Å². The highest BCUT2D eigenvalue weighted by atomic mass is 16.2. The number of carbonyl (C=O) groups excluding carboxylic acids is 3. The molecule has 0 unspecified atom stereocenters. The Hall–Kier alpha value is -3.54. The second kappa shape index (κ2) is 7.57. The van der Waals surface area contributed by atoms with Crippen LogP contribution in [-0.4, -0.2) is 28.4 Å². The molecule has 1 heterocycles. The summed E-state index contributed by atoms with van der Waals surface area (Å²) in [5, 5.41) is 7.38. The summed E-state index contributed by atoms with van der Waals surface area (Å²) in [7, 11) is 0. The largest absolute Gasteiger partial charge is 0.317 e. The molecule has 26 heavy (non-hydrogen) atoms. The van der Waals surface area contributed by atoms with Gasteiger partial charge in [0.2, 0.25) is 0 Å². The van der Waals surface area contributed by atoms with Crippen molar-refractivity contribution < 1.29 is 14.4 Å². The van der Waals surface area contributed by atoms with Crippen molar-refractivity contribution in [1.29, 1.82) is 0 Å². The lowest BCUT2D eigenvalue weighted by atomic mass is 10.1. The van der Waals surface area contributed by atoms with Gasteiger partial charge < -0.3 is 5.32 Å². The van der Waals surface area contributed by atoms with Gasteiger partial charge in [0.05, 0.1) is 6.42 Å². The van der Waals surface area contributed by atoms with Gasteiger partial charge in [0.1, 0.15) is 5.70 Å². The lowest BCUT2D eigenvalue weighted by Gasteiger charge is -2.14. The first kappa shape index (κ1) is 17.3. The summed E-state index contributed by atoms with van der Waals surface area (Å²) in [6.07, 6.45) is 1.62. The fourth-order valence-electron chi connectivity index (χ4n) is 2.48. The molecule has 1 N–H and O–H groups in total. The lowest BCUT2D eigenvalue weighted by Crippen LogP contribution is -2.37. The third kappa shape index (κ3) is 3.92. The van der Waals surface area contributed by atoms with Crippen LogP contribution < -0.4 is 5.32 Å². The lowest BCUT2D eigenvalue weighted by molar-refractivity contribution is -0.140. The third-order valence-corrected chi connectivity index (χ3v) is 3.73. The van der Waals surface area contributed by atoms with Gasteiger partial charge in [-0.05, 0) is 30.7 Å². The number of nitrogens with zero attached hydrogens (tertiary/aromatic N) is 2. The zero-order valence-corrected chi connectivity index (χ0v) is 14.2. The molecular formula is C20H17N3O3. The molecule has 0 bridgehead atoms. The molecule has 0 saturated carbocycles. The Morgan fingerprint density at radius 1 is 1.04 bits per heavy atom. The van der Waals surface area contributed by atoms with E-state index in [0.29, 0.717) is 11.3 Å². The summed E-state index contributed by atoms with van der Waals surface area (Å²) in [5.41, 5.74) is 1.66. The topological polar surface area (TPSA) is 78.8 Å². The van der Waals surface area contributed by atoms with Gasteiger partial charge in [-0.2, -0.15) is 10.1 Å². The second-order valence-electron chi connectivity index (χ2n) is 5.81. The Balaban J connectivity index is 1.92. The first-order valence-corrected chi connectivity index (χ1v) is 8.09. The zero-order chi connectivity index (χ0) is 18.5. The predicted molar refractivity (Wildman–Crippen MR) is 97.9 cm³/mol. The smallest absolute Gasteiger partial charge is 0.297 e. The van der Waals surface area contributed by atoms with Crippen molar-refractivity contribution in [1.82, 2.24) is 10.3 Å². The van der Waals surface area contributed by atoms with E-state index in [4.69, 9.17) is 0 Å². The SMILES string of the molecule is CC1=NN(C(=O)/C(=C/c2ccccc2)NC(=O)c2ccccc2)C(=O)C1. The van der Waals surface area contributed by atoms with Crippen molar-refractivity contribution in [2.45, 2.75) is 13.3 Å². The van der Waals surface area contributed by atoms with Crippen LogP contribution in [0, 0.1) is 0 Å². The van der Waals surface area contributed by atoms with E-state index in [0.717, 1.165) is 10.6 Å². The number of rotatable bonds is 4. The number of hydrogen-bond donors (Lipinski definition) is 1. The molecule has 3 rings (SSSR count). The maximum absolute atomic E-state index is 12.8. The van der Waals surface area contributed by atoms with Gasteiger partial charge in [-0.1, -0.05) is 48.5 Å². The average molecular weight is 347 g/mol. The number of amides is 3. The van der Waals surface area contributed by atoms with E-state index < -0.39 is 17.7 Å². The summed E-state index contributed by atoms with van der Waals surface area (Å²) in [6, 6.07) is 17.6. The summed E-state index contributed by atoms with van der Waals surface area (Å²) >= 11 is 0. The fraction of sp³-hybridized carbons (Fsp3) is 0.100. The van der Waals surface area contributed by atoms with Crippen LogP contribution in [0.2, 0.25) is 0 Å². The number of hydrazone groups is 1. The molecule has 1 aliphatic rings. The highest BCUT2D eigenvalue weighted by Crippen LogP contribution is 2.14. The fourth-order valence-corrected chi connectivity index (χ4v) is 2.48. The Morgan fingerprint density at radius 2 is 1.65 bits per heavy atom. The monoisotopic (exact) mass is 347 g/mol. The van der Waals surface area contributed by atoms with Crippen LogP contribution in [0.5, 0.6) is 0 Å². The molecule has 2 aromatic rings. The van der Waals surface area contributed by atoms with Crippen LogP contribution in [0.15, 0.2) is 71.5 Å². The number of hydrogen-bond acceptors (Lipinski definition) is 4. The highest BCUT2D eigenvalue weighted by molar-refractivity contribution is 6.16. The minimum atomic E-state index is -0.667. The summed E-state index contributed by atoms with van der Waals surface area (Å²) in [6.45, 7) is 1.67. The quantitative estimate of drug-likeness (QED) is 0.864. The molecule has 0 aromatic heterocycles. The standard InChI is InChI=1S/C20H17N3O3/c1-14-12-18(24)23(22-14)20(26)17(13-15-8-4-2-5-9-15)21-19(25)16-10-6-3-7-11-16/h2-11,13H,12H2,1H3,(H,21,25)/b17-13-. The molecule has 130 valence electrons. The molecule has 1 aliphatic heterocycles. The van der Waals surface area contributed by atoms with Crippen LogP contribution >= 0.6 is 0 Å². The normalized spacial score (nSPS) is 14.2. The maximum atomic E-state index is 12.8. The molecule has 0 fully saturated rings. The summed E-state index contributed by atoms with van der Waals surface area (Å²) in [5.74, 6) is -1.52. The number of carbonyl (C=O) groups is 3. The molecule has 6 heteroatoms. The first-order valence-electron chi connectivity index (χ1n) is 8.09. The third-order valence-electron chi connectivity index (χ3n) is 3.73. The Kier molecular flexibility index (Phi) is 5.03. The molecule has 0 atom stereocenters. The van der Waals surface area contributed by atoms with E-state index >= 15 is 0 Å². The van der Waals surface area contributed by atoms with Crippen molar-refractivity contribution in [3.05, 3.63) is 77.5 Å². The van der Waals surface area contributed by atoms with Crippen LogP contribution in [0.3, 0.4) is 0 Å². The maximum Gasteiger partial charge on any atom is 0.297 e. The van der Waals surface area contributed by atoms with E-state index in [-0.39, 0.29) is 12.1 Å². The number of benzene rings is 2. The molecule has 0 spiro atoms. The van der Waals surface area contributed by atoms with E-state index in [1.165, 1.54) is 6.08 Å². The summed E-state index contributed by atoms with van der Waals surface area (Å²) in [4.78, 5) is 37.2. The van der Waals surface area contributed by atoms with Crippen LogP contribution in [0.25, 0.3) is 6.08 Å². The molecule has 6 nitrogen and oxygen atoms in total. The van der Waals surface area contributed by atoms with E-state index in [9.17, 15) is 14.4 Å². The summed E-state index contributed by atoms with van der Waals surface area (Å²) < 4.78 is 0. The van der Waals surface area contributed by atoms with Gasteiger partial charge in [-0.15, -0.1) is 0 Å².